The largest absolute Gasteiger partial charge is 0.344 e. The summed E-state index contributed by atoms with van der Waals surface area (Å²) in [6.45, 7) is 7.80. The third kappa shape index (κ3) is 2.18. The molecular weight excluding hydrogens is 252 g/mol. The Morgan fingerprint density at radius 2 is 2.00 bits per heavy atom. The molecule has 0 radical (unpaired) electrons. The first-order chi connectivity index (χ1) is 9.49. The van der Waals surface area contributed by atoms with Gasteiger partial charge in [0, 0.05) is 12.6 Å². The average molecular weight is 274 g/mol. The van der Waals surface area contributed by atoms with Gasteiger partial charge in [0.1, 0.15) is 6.61 Å². The van der Waals surface area contributed by atoms with Gasteiger partial charge >= 0.3 is 6.03 Å². The molecule has 0 aromatic heterocycles. The van der Waals surface area contributed by atoms with E-state index in [9.17, 15) is 4.79 Å². The number of fused-ring (bicyclic) bond motifs is 2. The normalized spacial score (nSPS) is 28.1. The van der Waals surface area contributed by atoms with Crippen molar-refractivity contribution < 1.29 is 9.63 Å². The third-order valence-electron chi connectivity index (χ3n) is 4.56. The first kappa shape index (κ1) is 13.4. The minimum Gasteiger partial charge on any atom is -0.318 e. The SMILES string of the molecule is CC1CC(C)(C)C2CN1C(=O)N2OCc1ccccc1. The van der Waals surface area contributed by atoms with Crippen molar-refractivity contribution in [1.82, 2.24) is 9.96 Å². The summed E-state index contributed by atoms with van der Waals surface area (Å²) in [4.78, 5) is 20.2. The lowest BCUT2D eigenvalue weighted by molar-refractivity contribution is -0.160. The summed E-state index contributed by atoms with van der Waals surface area (Å²) in [5.41, 5.74) is 1.18. The molecule has 2 amide bonds. The van der Waals surface area contributed by atoms with E-state index >= 15 is 0 Å². The topological polar surface area (TPSA) is 32.8 Å². The van der Waals surface area contributed by atoms with Gasteiger partial charge in [0.2, 0.25) is 0 Å². The number of carbonyl (C=O) groups is 1. The third-order valence-corrected chi connectivity index (χ3v) is 4.56. The van der Waals surface area contributed by atoms with Crippen LogP contribution in [0.4, 0.5) is 4.79 Å². The van der Waals surface area contributed by atoms with Crippen molar-refractivity contribution in [1.29, 1.82) is 0 Å². The molecule has 4 heteroatoms. The maximum atomic E-state index is 12.4. The van der Waals surface area contributed by atoms with Crippen molar-refractivity contribution in [2.45, 2.75) is 45.9 Å². The summed E-state index contributed by atoms with van der Waals surface area (Å²) in [7, 11) is 0. The van der Waals surface area contributed by atoms with Crippen LogP contribution >= 0.6 is 0 Å². The Bertz CT molecular complexity index is 500. The first-order valence-electron chi connectivity index (χ1n) is 7.26. The Morgan fingerprint density at radius 3 is 2.70 bits per heavy atom. The molecule has 2 aliphatic heterocycles. The van der Waals surface area contributed by atoms with E-state index < -0.39 is 0 Å². The van der Waals surface area contributed by atoms with E-state index in [4.69, 9.17) is 4.84 Å². The quantitative estimate of drug-likeness (QED) is 0.848. The molecule has 2 saturated heterocycles. The molecule has 1 aromatic carbocycles. The number of rotatable bonds is 3. The molecule has 2 unspecified atom stereocenters. The predicted molar refractivity (Wildman–Crippen MR) is 76.8 cm³/mol. The summed E-state index contributed by atoms with van der Waals surface area (Å²) in [5, 5.41) is 1.61. The zero-order valence-electron chi connectivity index (χ0n) is 12.4. The van der Waals surface area contributed by atoms with Crippen molar-refractivity contribution in [3.8, 4) is 0 Å². The second-order valence-corrected chi connectivity index (χ2v) is 6.58. The number of piperidine rings is 1. The molecule has 108 valence electrons. The van der Waals surface area contributed by atoms with E-state index in [0.29, 0.717) is 12.6 Å². The van der Waals surface area contributed by atoms with Gasteiger partial charge in [-0.25, -0.2) is 4.79 Å². The van der Waals surface area contributed by atoms with Crippen LogP contribution in [-0.2, 0) is 11.4 Å². The Labute approximate surface area is 120 Å². The van der Waals surface area contributed by atoms with Crippen LogP contribution in [0.1, 0.15) is 32.8 Å². The van der Waals surface area contributed by atoms with Gasteiger partial charge in [-0.3, -0.25) is 4.84 Å². The molecule has 3 rings (SSSR count). The monoisotopic (exact) mass is 274 g/mol. The van der Waals surface area contributed by atoms with Crippen molar-refractivity contribution >= 4 is 6.03 Å². The van der Waals surface area contributed by atoms with Crippen LogP contribution in [-0.4, -0.2) is 34.6 Å². The fourth-order valence-corrected chi connectivity index (χ4v) is 3.40. The highest BCUT2D eigenvalue weighted by Crippen LogP contribution is 2.42. The number of amides is 2. The molecule has 2 fully saturated rings. The van der Waals surface area contributed by atoms with Crippen LogP contribution in [0.25, 0.3) is 0 Å². The lowest BCUT2D eigenvalue weighted by Gasteiger charge is -2.40. The summed E-state index contributed by atoms with van der Waals surface area (Å²) >= 11 is 0. The van der Waals surface area contributed by atoms with Crippen LogP contribution in [0.5, 0.6) is 0 Å². The van der Waals surface area contributed by atoms with Crippen LogP contribution < -0.4 is 0 Å². The zero-order valence-corrected chi connectivity index (χ0v) is 12.4. The lowest BCUT2D eigenvalue weighted by atomic mass is 9.76. The van der Waals surface area contributed by atoms with E-state index in [1.54, 1.807) is 5.06 Å². The number of nitrogens with zero attached hydrogens (tertiary/aromatic N) is 2. The Hall–Kier alpha value is -1.55. The molecule has 0 saturated carbocycles. The predicted octanol–water partition coefficient (Wildman–Crippen LogP) is 3.04. The molecule has 0 aliphatic carbocycles. The highest BCUT2D eigenvalue weighted by atomic mass is 16.7. The van der Waals surface area contributed by atoms with E-state index in [2.05, 4.69) is 20.8 Å². The van der Waals surface area contributed by atoms with Gasteiger partial charge < -0.3 is 4.90 Å². The van der Waals surface area contributed by atoms with Gasteiger partial charge in [-0.2, -0.15) is 5.06 Å². The molecule has 20 heavy (non-hydrogen) atoms. The minimum absolute atomic E-state index is 0.0176. The lowest BCUT2D eigenvalue weighted by Crippen LogP contribution is -2.48. The Kier molecular flexibility index (Phi) is 3.21. The number of hydrogen-bond acceptors (Lipinski definition) is 2. The fraction of sp³-hybridized carbons (Fsp3) is 0.562. The van der Waals surface area contributed by atoms with Crippen molar-refractivity contribution in [2.24, 2.45) is 5.41 Å². The number of hydroxylamine groups is 2. The van der Waals surface area contributed by atoms with Gasteiger partial charge in [0.05, 0.1) is 6.04 Å². The van der Waals surface area contributed by atoms with Gasteiger partial charge in [-0.15, -0.1) is 0 Å². The van der Waals surface area contributed by atoms with E-state index in [-0.39, 0.29) is 17.5 Å². The van der Waals surface area contributed by atoms with Crippen molar-refractivity contribution in [2.75, 3.05) is 6.54 Å². The second-order valence-electron chi connectivity index (χ2n) is 6.58. The highest BCUT2D eigenvalue weighted by molar-refractivity contribution is 5.77. The summed E-state index contributed by atoms with van der Waals surface area (Å²) in [5.74, 6) is 0. The summed E-state index contributed by atoms with van der Waals surface area (Å²) in [6.07, 6.45) is 1.02. The van der Waals surface area contributed by atoms with Crippen molar-refractivity contribution in [3.05, 3.63) is 35.9 Å². The molecule has 2 heterocycles. The molecule has 2 aliphatic rings. The van der Waals surface area contributed by atoms with Gasteiger partial charge in [0.15, 0.2) is 0 Å². The Balaban J connectivity index is 1.74. The molecule has 0 spiro atoms. The fourth-order valence-electron chi connectivity index (χ4n) is 3.40. The molecule has 2 atom stereocenters. The summed E-state index contributed by atoms with van der Waals surface area (Å²) in [6, 6.07) is 10.4. The Morgan fingerprint density at radius 1 is 1.30 bits per heavy atom. The average Bonchev–Trinajstić information content (AvgIpc) is 2.72. The molecule has 2 bridgehead atoms. The van der Waals surface area contributed by atoms with Gasteiger partial charge in [-0.1, -0.05) is 44.2 Å². The van der Waals surface area contributed by atoms with Crippen LogP contribution in [0.15, 0.2) is 30.3 Å². The number of benzene rings is 1. The van der Waals surface area contributed by atoms with E-state index in [1.165, 1.54) is 0 Å². The minimum atomic E-state index is 0.0176. The zero-order chi connectivity index (χ0) is 14.3. The summed E-state index contributed by atoms with van der Waals surface area (Å²) < 4.78 is 0. The number of urea groups is 1. The first-order valence-corrected chi connectivity index (χ1v) is 7.26. The highest BCUT2D eigenvalue weighted by Gasteiger charge is 2.52. The van der Waals surface area contributed by atoms with Crippen LogP contribution in [0.3, 0.4) is 0 Å². The maximum absolute atomic E-state index is 12.4. The van der Waals surface area contributed by atoms with Crippen LogP contribution in [0.2, 0.25) is 0 Å². The van der Waals surface area contributed by atoms with E-state index in [0.717, 1.165) is 18.5 Å². The standard InChI is InChI=1S/C16H22N2O2/c1-12-9-16(2,3)14-10-17(12)15(19)18(14)20-11-13-7-5-4-6-8-13/h4-8,12,14H,9-11H2,1-3H3. The van der Waals surface area contributed by atoms with Crippen molar-refractivity contribution in [3.63, 3.8) is 0 Å². The number of hydrogen-bond donors (Lipinski definition) is 0. The molecular formula is C16H22N2O2. The van der Waals surface area contributed by atoms with Crippen LogP contribution in [0, 0.1) is 5.41 Å². The molecule has 4 nitrogen and oxygen atoms in total. The smallest absolute Gasteiger partial charge is 0.318 e. The molecule has 1 aromatic rings. The van der Waals surface area contributed by atoms with E-state index in [1.807, 2.05) is 35.2 Å². The second kappa shape index (κ2) is 4.77. The van der Waals surface area contributed by atoms with Gasteiger partial charge in [-0.05, 0) is 24.3 Å². The molecule has 0 N–H and O–H groups in total. The maximum Gasteiger partial charge on any atom is 0.344 e. The van der Waals surface area contributed by atoms with Gasteiger partial charge in [0.25, 0.3) is 0 Å². The number of carbonyl (C=O) groups excluding carboxylic acids is 1.